The van der Waals surface area contributed by atoms with Gasteiger partial charge in [-0.05, 0) is 57.8 Å². The van der Waals surface area contributed by atoms with Crippen LogP contribution in [0.1, 0.15) is 206 Å². The topological polar surface area (TPSA) is 108 Å². The van der Waals surface area contributed by atoms with Crippen LogP contribution in [0.15, 0.2) is 60.8 Å². The first-order valence-electron chi connectivity index (χ1n) is 25.0. The Morgan fingerprint density at radius 3 is 1.37 bits per heavy atom. The first-order chi connectivity index (χ1) is 30.0. The summed E-state index contributed by atoms with van der Waals surface area (Å²) in [4.78, 5) is 35.5. The van der Waals surface area contributed by atoms with Crippen molar-refractivity contribution >= 4 is 19.8 Å². The van der Waals surface area contributed by atoms with E-state index in [1.807, 2.05) is 21.1 Å². The monoisotopic (exact) mass is 893 g/mol. The molecule has 10 heteroatoms. The molecule has 0 radical (unpaired) electrons. The fourth-order valence-corrected chi connectivity index (χ4v) is 7.43. The van der Waals surface area contributed by atoms with E-state index in [-0.39, 0.29) is 32.0 Å². The molecule has 2 unspecified atom stereocenters. The van der Waals surface area contributed by atoms with Gasteiger partial charge in [0, 0.05) is 12.8 Å². The van der Waals surface area contributed by atoms with Gasteiger partial charge in [0.2, 0.25) is 0 Å². The van der Waals surface area contributed by atoms with Gasteiger partial charge in [0.15, 0.2) is 6.10 Å². The summed E-state index contributed by atoms with van der Waals surface area (Å²) >= 11 is 0. The zero-order chi connectivity index (χ0) is 45.7. The van der Waals surface area contributed by atoms with Crippen molar-refractivity contribution in [3.8, 4) is 0 Å². The van der Waals surface area contributed by atoms with Crippen molar-refractivity contribution in [1.29, 1.82) is 0 Å². The standard InChI is InChI=1S/C52H94NO8P/c1-6-8-10-12-14-16-18-20-22-24-26-28-30-32-34-36-38-40-42-44-51(54)58-48-50(49-60-62(56,57)59-47-46-53(3,4)5)61-52(55)45-43-41-39-37-35-33-31-29-27-25-23-21-19-17-15-13-11-9-7-2/h9,11,15,17,21,23,27,29,33,35,50H,6-8,10,12-14,16,18-20,22,24-26,28,30-32,34,36-49H2,1-5H3/p+1/b11-9-,17-15-,23-21-,29-27-,35-33-. The Bertz CT molecular complexity index is 1240. The number of unbranched alkanes of at least 4 members (excludes halogenated alkanes) is 21. The molecule has 0 bridgehead atoms. The third kappa shape index (κ3) is 47.2. The highest BCUT2D eigenvalue weighted by Crippen LogP contribution is 2.43. The number of allylic oxidation sites excluding steroid dienone is 10. The largest absolute Gasteiger partial charge is 0.472 e. The van der Waals surface area contributed by atoms with E-state index in [0.717, 1.165) is 70.6 Å². The van der Waals surface area contributed by atoms with Gasteiger partial charge in [-0.15, -0.1) is 0 Å². The first kappa shape index (κ1) is 59.7. The number of phosphoric ester groups is 1. The molecule has 0 spiro atoms. The molecule has 62 heavy (non-hydrogen) atoms. The van der Waals surface area contributed by atoms with Gasteiger partial charge in [-0.2, -0.15) is 0 Å². The van der Waals surface area contributed by atoms with Gasteiger partial charge in [-0.1, -0.05) is 197 Å². The average molecular weight is 893 g/mol. The fourth-order valence-electron chi connectivity index (χ4n) is 6.69. The predicted octanol–water partition coefficient (Wildman–Crippen LogP) is 14.8. The zero-order valence-corrected chi connectivity index (χ0v) is 41.5. The number of nitrogens with zero attached hydrogens (tertiary/aromatic N) is 1. The Morgan fingerprint density at radius 2 is 0.919 bits per heavy atom. The molecule has 0 aliphatic carbocycles. The molecule has 0 aliphatic heterocycles. The highest BCUT2D eigenvalue weighted by atomic mass is 31.2. The van der Waals surface area contributed by atoms with E-state index in [1.54, 1.807) is 0 Å². The van der Waals surface area contributed by atoms with Gasteiger partial charge in [0.1, 0.15) is 19.8 Å². The van der Waals surface area contributed by atoms with Crippen LogP contribution in [-0.2, 0) is 32.7 Å². The third-order valence-electron chi connectivity index (χ3n) is 10.6. The molecule has 9 nitrogen and oxygen atoms in total. The number of carbonyl (C=O) groups excluding carboxylic acids is 2. The molecule has 0 aliphatic rings. The van der Waals surface area contributed by atoms with E-state index in [1.165, 1.54) is 103 Å². The van der Waals surface area contributed by atoms with Crippen LogP contribution in [0, 0.1) is 0 Å². The predicted molar refractivity (Wildman–Crippen MR) is 261 cm³/mol. The summed E-state index contributed by atoms with van der Waals surface area (Å²) in [5, 5.41) is 0. The van der Waals surface area contributed by atoms with Crippen LogP contribution in [0.25, 0.3) is 0 Å². The molecule has 0 fully saturated rings. The highest BCUT2D eigenvalue weighted by Gasteiger charge is 2.27. The highest BCUT2D eigenvalue weighted by molar-refractivity contribution is 7.47. The molecular weight excluding hydrogens is 798 g/mol. The average Bonchev–Trinajstić information content (AvgIpc) is 3.23. The zero-order valence-electron chi connectivity index (χ0n) is 40.6. The smallest absolute Gasteiger partial charge is 0.462 e. The molecule has 0 rings (SSSR count). The third-order valence-corrected chi connectivity index (χ3v) is 11.5. The minimum atomic E-state index is -4.39. The molecule has 0 heterocycles. The van der Waals surface area contributed by atoms with Crippen LogP contribution in [-0.4, -0.2) is 74.9 Å². The lowest BCUT2D eigenvalue weighted by Gasteiger charge is -2.24. The molecular formula is C52H95NO8P+. The number of carbonyl (C=O) groups is 2. The molecule has 0 amide bonds. The minimum absolute atomic E-state index is 0.0236. The van der Waals surface area contributed by atoms with E-state index in [2.05, 4.69) is 74.6 Å². The summed E-state index contributed by atoms with van der Waals surface area (Å²) in [6.45, 7) is 4.29. The van der Waals surface area contributed by atoms with E-state index in [9.17, 15) is 19.0 Å². The van der Waals surface area contributed by atoms with Crippen LogP contribution in [0.5, 0.6) is 0 Å². The Labute approximate surface area is 381 Å². The van der Waals surface area contributed by atoms with Crippen molar-refractivity contribution in [2.45, 2.75) is 213 Å². The Kier molecular flexibility index (Phi) is 42.3. The van der Waals surface area contributed by atoms with Crippen molar-refractivity contribution in [1.82, 2.24) is 0 Å². The SMILES string of the molecule is CC/C=C\C/C=C\C/C=C\C/C=C\C/C=C\CCCCCC(=O)OC(COC(=O)CCCCCCCCCCCCCCCCCCCCC)COP(=O)(O)OCC[N+](C)(C)C. The van der Waals surface area contributed by atoms with Gasteiger partial charge in [-0.3, -0.25) is 18.6 Å². The quantitative estimate of drug-likeness (QED) is 0.0212. The van der Waals surface area contributed by atoms with Crippen LogP contribution < -0.4 is 0 Å². The molecule has 0 saturated carbocycles. The van der Waals surface area contributed by atoms with Crippen LogP contribution in [0.2, 0.25) is 0 Å². The van der Waals surface area contributed by atoms with Crippen molar-refractivity contribution < 1.29 is 42.1 Å². The van der Waals surface area contributed by atoms with Gasteiger partial charge in [-0.25, -0.2) is 4.57 Å². The lowest BCUT2D eigenvalue weighted by molar-refractivity contribution is -0.870. The molecule has 1 N–H and O–H groups in total. The first-order valence-corrected chi connectivity index (χ1v) is 26.5. The maximum absolute atomic E-state index is 12.7. The fraction of sp³-hybridized carbons (Fsp3) is 0.769. The molecule has 2 atom stereocenters. The minimum Gasteiger partial charge on any atom is -0.462 e. The number of likely N-dealkylation sites (N-methyl/N-ethyl adjacent to an activating group) is 1. The van der Waals surface area contributed by atoms with E-state index in [4.69, 9.17) is 18.5 Å². The van der Waals surface area contributed by atoms with E-state index < -0.39 is 26.5 Å². The Balaban J connectivity index is 4.33. The number of hydrogen-bond donors (Lipinski definition) is 1. The van der Waals surface area contributed by atoms with Crippen LogP contribution in [0.4, 0.5) is 0 Å². The van der Waals surface area contributed by atoms with E-state index in [0.29, 0.717) is 17.4 Å². The van der Waals surface area contributed by atoms with Crippen molar-refractivity contribution in [3.63, 3.8) is 0 Å². The van der Waals surface area contributed by atoms with Gasteiger partial charge in [0.25, 0.3) is 0 Å². The maximum atomic E-state index is 12.7. The second-order valence-corrected chi connectivity index (χ2v) is 19.3. The number of hydrogen-bond acceptors (Lipinski definition) is 7. The number of phosphoric acid groups is 1. The summed E-state index contributed by atoms with van der Waals surface area (Å²) in [7, 11) is 1.45. The van der Waals surface area contributed by atoms with Crippen molar-refractivity contribution in [2.75, 3.05) is 47.5 Å². The normalized spacial score (nSPS) is 14.0. The molecule has 0 aromatic heterocycles. The van der Waals surface area contributed by atoms with Crippen LogP contribution >= 0.6 is 7.82 Å². The Hall–Kier alpha value is -2.29. The molecule has 0 aromatic rings. The van der Waals surface area contributed by atoms with Crippen LogP contribution in [0.3, 0.4) is 0 Å². The van der Waals surface area contributed by atoms with Gasteiger partial charge < -0.3 is 18.9 Å². The summed E-state index contributed by atoms with van der Waals surface area (Å²) in [6.07, 6.45) is 54.2. The van der Waals surface area contributed by atoms with Crippen molar-refractivity contribution in [2.24, 2.45) is 0 Å². The maximum Gasteiger partial charge on any atom is 0.472 e. The van der Waals surface area contributed by atoms with Crippen molar-refractivity contribution in [3.05, 3.63) is 60.8 Å². The summed E-state index contributed by atoms with van der Waals surface area (Å²) in [5.74, 6) is -0.832. The Morgan fingerprint density at radius 1 is 0.516 bits per heavy atom. The number of rotatable bonds is 45. The van der Waals surface area contributed by atoms with Gasteiger partial charge in [0.05, 0.1) is 27.7 Å². The molecule has 0 aromatic carbocycles. The molecule has 0 saturated heterocycles. The summed E-state index contributed by atoms with van der Waals surface area (Å²) in [6, 6.07) is 0. The molecule has 360 valence electrons. The summed E-state index contributed by atoms with van der Waals surface area (Å²) in [5.41, 5.74) is 0. The second kappa shape index (κ2) is 43.9. The summed E-state index contributed by atoms with van der Waals surface area (Å²) < 4.78 is 34.4. The number of esters is 2. The van der Waals surface area contributed by atoms with E-state index >= 15 is 0 Å². The lowest BCUT2D eigenvalue weighted by atomic mass is 10.0. The van der Waals surface area contributed by atoms with Gasteiger partial charge >= 0.3 is 19.8 Å². The number of ether oxygens (including phenoxy) is 2. The number of quaternary nitrogens is 1. The lowest BCUT2D eigenvalue weighted by Crippen LogP contribution is -2.37. The second-order valence-electron chi connectivity index (χ2n) is 17.8.